The Morgan fingerprint density at radius 3 is 2.24 bits per heavy atom. The second-order valence-electron chi connectivity index (χ2n) is 8.88. The van der Waals surface area contributed by atoms with E-state index in [1.807, 2.05) is 32.0 Å². The average molecular weight is 603 g/mol. The molecule has 0 unspecified atom stereocenters. The van der Waals surface area contributed by atoms with Gasteiger partial charge in [-0.3, -0.25) is 9.69 Å². The monoisotopic (exact) mass is 602 g/mol. The zero-order valence-electron chi connectivity index (χ0n) is 22.1. The Hall–Kier alpha value is -4.59. The van der Waals surface area contributed by atoms with Crippen molar-refractivity contribution in [2.24, 2.45) is 25.9 Å². The molecule has 4 rings (SSSR count). The molecule has 2 N–H and O–H groups in total. The maximum Gasteiger partial charge on any atom is 0.499 e. The number of rotatable bonds is 8. The number of nitrogens with zero attached hydrogens (tertiary/aromatic N) is 5. The minimum absolute atomic E-state index is 0.0642. The number of carbonyl (C=O) groups is 1. The summed E-state index contributed by atoms with van der Waals surface area (Å²) in [6.45, 7) is 3.87. The Morgan fingerprint density at radius 2 is 1.62 bits per heavy atom. The summed E-state index contributed by atoms with van der Waals surface area (Å²) in [5.74, 6) is -0.342. The van der Waals surface area contributed by atoms with Gasteiger partial charge in [0.2, 0.25) is 5.91 Å². The lowest BCUT2D eigenvalue weighted by molar-refractivity contribution is -0.360. The van der Waals surface area contributed by atoms with Crippen molar-refractivity contribution in [2.45, 2.75) is 26.1 Å². The van der Waals surface area contributed by atoms with E-state index in [4.69, 9.17) is 5.73 Å². The second kappa shape index (κ2) is 12.5. The number of alkyl halides is 5. The second-order valence-corrected chi connectivity index (χ2v) is 9.82. The van der Waals surface area contributed by atoms with Crippen LogP contribution in [0.2, 0.25) is 0 Å². The summed E-state index contributed by atoms with van der Waals surface area (Å²) in [4.78, 5) is 22.1. The van der Waals surface area contributed by atoms with Gasteiger partial charge in [-0.15, -0.1) is 5.10 Å². The molecule has 218 valence electrons. The predicted molar refractivity (Wildman–Crippen MR) is 154 cm³/mol. The van der Waals surface area contributed by atoms with Gasteiger partial charge in [0.25, 0.3) is 0 Å². The first-order valence-corrected chi connectivity index (χ1v) is 13.2. The van der Waals surface area contributed by atoms with Crippen LogP contribution in [0.15, 0.2) is 86.9 Å². The number of thioether (sulfide) groups is 1. The van der Waals surface area contributed by atoms with E-state index in [1.54, 1.807) is 29.2 Å². The molecule has 0 aliphatic carbocycles. The summed E-state index contributed by atoms with van der Waals surface area (Å²) in [6, 6.07) is 16.9. The Balaban J connectivity index is 1.38. The summed E-state index contributed by atoms with van der Waals surface area (Å²) in [7, 11) is 0. The molecule has 0 radical (unpaired) electrons. The van der Waals surface area contributed by atoms with Crippen LogP contribution in [0.4, 0.5) is 33.3 Å². The molecule has 1 heterocycles. The molecule has 1 amide bonds. The fraction of sp³-hybridized carbons (Fsp3) is 0.179. The van der Waals surface area contributed by atoms with Gasteiger partial charge >= 0.3 is 12.3 Å². The zero-order valence-corrected chi connectivity index (χ0v) is 23.0. The van der Waals surface area contributed by atoms with Gasteiger partial charge in [-0.1, -0.05) is 54.2 Å². The molecule has 8 nitrogen and oxygen atoms in total. The number of halogens is 5. The lowest BCUT2D eigenvalue weighted by Crippen LogP contribution is -2.41. The molecule has 14 heteroatoms. The van der Waals surface area contributed by atoms with Crippen LogP contribution in [0.25, 0.3) is 0 Å². The number of para-hydroxylation sites is 1. The summed E-state index contributed by atoms with van der Waals surface area (Å²) in [5.41, 5.74) is 10.2. The zero-order chi connectivity index (χ0) is 30.5. The predicted octanol–water partition coefficient (Wildman–Crippen LogP) is 6.37. The van der Waals surface area contributed by atoms with Crippen molar-refractivity contribution >= 4 is 52.6 Å². The van der Waals surface area contributed by atoms with Gasteiger partial charge in [0, 0.05) is 5.56 Å². The molecule has 1 aliphatic heterocycles. The Kier molecular flexibility index (Phi) is 9.05. The minimum atomic E-state index is -5.84. The van der Waals surface area contributed by atoms with Crippen molar-refractivity contribution in [2.75, 3.05) is 10.7 Å². The van der Waals surface area contributed by atoms with Crippen molar-refractivity contribution in [1.29, 1.82) is 0 Å². The van der Waals surface area contributed by atoms with E-state index >= 15 is 0 Å². The van der Waals surface area contributed by atoms with E-state index in [1.165, 1.54) is 30.1 Å². The highest BCUT2D eigenvalue weighted by atomic mass is 32.2. The van der Waals surface area contributed by atoms with Gasteiger partial charge < -0.3 is 10.5 Å². The maximum absolute atomic E-state index is 13.0. The first-order chi connectivity index (χ1) is 19.9. The number of hydrogen-bond donors (Lipinski definition) is 1. The Bertz CT molecular complexity index is 1550. The van der Waals surface area contributed by atoms with Crippen LogP contribution in [0, 0.1) is 13.8 Å². The van der Waals surface area contributed by atoms with E-state index < -0.39 is 18.0 Å². The summed E-state index contributed by atoms with van der Waals surface area (Å²) in [6.07, 6.45) is -8.50. The Labute approximate surface area is 241 Å². The first-order valence-electron chi connectivity index (χ1n) is 12.2. The third kappa shape index (κ3) is 7.18. The highest BCUT2D eigenvalue weighted by Gasteiger charge is 2.61. The number of aliphatic imine (C=N–C) groups is 2. The minimum Gasteiger partial charge on any atom is -0.426 e. The third-order valence-corrected chi connectivity index (χ3v) is 6.72. The molecule has 3 aromatic carbocycles. The summed E-state index contributed by atoms with van der Waals surface area (Å²) in [5, 5.41) is 8.90. The smallest absolute Gasteiger partial charge is 0.426 e. The number of aryl methyl sites for hydroxylation is 2. The fourth-order valence-corrected chi connectivity index (χ4v) is 4.55. The summed E-state index contributed by atoms with van der Waals surface area (Å²) >= 11 is 1.31. The topological polar surface area (TPSA) is 105 Å². The molecule has 42 heavy (non-hydrogen) atoms. The van der Waals surface area contributed by atoms with Crippen molar-refractivity contribution in [3.8, 4) is 5.75 Å². The summed E-state index contributed by atoms with van der Waals surface area (Å²) < 4.78 is 66.5. The maximum atomic E-state index is 13.0. The average Bonchev–Trinajstić information content (AvgIpc) is 3.28. The number of nitrogens with two attached hydrogens (primary N) is 1. The van der Waals surface area contributed by atoms with Crippen molar-refractivity contribution in [3.63, 3.8) is 0 Å². The van der Waals surface area contributed by atoms with E-state index in [2.05, 4.69) is 24.9 Å². The van der Waals surface area contributed by atoms with Crippen LogP contribution in [-0.4, -0.2) is 47.5 Å². The van der Waals surface area contributed by atoms with E-state index in [9.17, 15) is 26.7 Å². The van der Waals surface area contributed by atoms with Crippen LogP contribution in [0.1, 0.15) is 22.3 Å². The number of ether oxygens (including phenoxy) is 1. The lowest BCUT2D eigenvalue weighted by atomic mass is 10.1. The van der Waals surface area contributed by atoms with Gasteiger partial charge in [0.05, 0.1) is 23.3 Å². The molecule has 0 bridgehead atoms. The van der Waals surface area contributed by atoms with Crippen LogP contribution >= 0.6 is 11.8 Å². The van der Waals surface area contributed by atoms with E-state index in [0.29, 0.717) is 10.7 Å². The van der Waals surface area contributed by atoms with Crippen molar-refractivity contribution in [1.82, 2.24) is 0 Å². The third-order valence-electron chi connectivity index (χ3n) is 5.80. The van der Waals surface area contributed by atoms with Gasteiger partial charge in [-0.05, 0) is 54.8 Å². The van der Waals surface area contributed by atoms with Crippen LogP contribution < -0.4 is 15.4 Å². The first kappa shape index (κ1) is 30.4. The van der Waals surface area contributed by atoms with E-state index in [0.717, 1.165) is 40.8 Å². The SMILES string of the molecule is Cc1cccc(C)c1N1C(=O)CS/C1=N/N=C\c1ccc(C(N)=NC=Nc2ccc(OC(F)(F)C(F)(F)F)cc2)cc1. The van der Waals surface area contributed by atoms with Crippen LogP contribution in [-0.2, 0) is 4.79 Å². The largest absolute Gasteiger partial charge is 0.499 e. The standard InChI is InChI=1S/C28H23F5N6O2S/c1-17-4-3-5-18(2)24(17)39-23(40)15-42-26(39)38-37-14-19-6-8-20(9-7-19)25(34)36-16-35-21-10-12-22(13-11-21)41-28(32,33)27(29,30)31/h3-14,16H,15H2,1-2H3,(H2,34,35,36)/b37-14-,38-26+. The molecule has 0 atom stereocenters. The number of amides is 1. The van der Waals surface area contributed by atoms with Crippen LogP contribution in [0.3, 0.4) is 0 Å². The number of carbonyl (C=O) groups excluding carboxylic acids is 1. The highest BCUT2D eigenvalue weighted by Crippen LogP contribution is 2.37. The molecule has 0 saturated carbocycles. The lowest BCUT2D eigenvalue weighted by Gasteiger charge is -2.20. The number of amidine groups is 2. The van der Waals surface area contributed by atoms with Crippen molar-refractivity contribution in [3.05, 3.63) is 89.0 Å². The van der Waals surface area contributed by atoms with Crippen molar-refractivity contribution < 1.29 is 31.5 Å². The fourth-order valence-electron chi connectivity index (χ4n) is 3.74. The number of hydrogen-bond acceptors (Lipinski definition) is 6. The van der Waals surface area contributed by atoms with Gasteiger partial charge in [-0.25, -0.2) is 9.98 Å². The molecule has 1 fully saturated rings. The molecular formula is C28H23F5N6O2S. The quantitative estimate of drug-likeness (QED) is 0.140. The van der Waals surface area contributed by atoms with E-state index in [-0.39, 0.29) is 23.2 Å². The highest BCUT2D eigenvalue weighted by molar-refractivity contribution is 8.15. The number of anilines is 1. The van der Waals surface area contributed by atoms with Crippen LogP contribution in [0.5, 0.6) is 5.75 Å². The molecule has 0 spiro atoms. The molecule has 1 saturated heterocycles. The van der Waals surface area contributed by atoms with Gasteiger partial charge in [0.1, 0.15) is 17.9 Å². The normalized spacial score (nSPS) is 15.9. The Morgan fingerprint density at radius 1 is 0.976 bits per heavy atom. The molecule has 1 aliphatic rings. The molecule has 0 aromatic heterocycles. The number of benzene rings is 3. The molecular weight excluding hydrogens is 579 g/mol. The molecule has 3 aromatic rings. The van der Waals surface area contributed by atoms with Gasteiger partial charge in [-0.2, -0.15) is 27.1 Å². The van der Waals surface area contributed by atoms with Gasteiger partial charge in [0.15, 0.2) is 5.17 Å².